The monoisotopic (exact) mass is 390 g/mol. The third kappa shape index (κ3) is 4.09. The molecule has 0 aliphatic carbocycles. The molecule has 0 aliphatic heterocycles. The van der Waals surface area contributed by atoms with Crippen molar-refractivity contribution in [1.82, 2.24) is 9.78 Å². The third-order valence-corrected chi connectivity index (χ3v) is 5.46. The standard InChI is InChI=1S/C19H16Cl2N2OS/c1-12(2)13-6-8-16(9-7-13)25-17-11-22-23(19(24)18(17)21)15-5-3-4-14(20)10-15/h3-12H,1-2H3. The molecule has 25 heavy (non-hydrogen) atoms. The second-order valence-electron chi connectivity index (χ2n) is 5.85. The minimum Gasteiger partial charge on any atom is -0.266 e. The largest absolute Gasteiger partial charge is 0.291 e. The fraction of sp³-hybridized carbons (Fsp3) is 0.158. The first kappa shape index (κ1) is 18.1. The second-order valence-corrected chi connectivity index (χ2v) is 7.78. The Morgan fingerprint density at radius 1 is 1.08 bits per heavy atom. The van der Waals surface area contributed by atoms with Gasteiger partial charge in [-0.1, -0.05) is 67.0 Å². The summed E-state index contributed by atoms with van der Waals surface area (Å²) in [6.45, 7) is 4.30. The van der Waals surface area contributed by atoms with Crippen LogP contribution in [0.4, 0.5) is 0 Å². The van der Waals surface area contributed by atoms with Crippen molar-refractivity contribution in [3.05, 3.63) is 80.7 Å². The molecular formula is C19H16Cl2N2OS. The van der Waals surface area contributed by atoms with E-state index in [1.807, 2.05) is 12.1 Å². The van der Waals surface area contributed by atoms with Gasteiger partial charge in [0.05, 0.1) is 16.8 Å². The van der Waals surface area contributed by atoms with Crippen LogP contribution in [0.25, 0.3) is 5.69 Å². The molecule has 3 aromatic rings. The number of hydrogen-bond donors (Lipinski definition) is 0. The molecular weight excluding hydrogens is 375 g/mol. The predicted molar refractivity (Wildman–Crippen MR) is 105 cm³/mol. The first-order chi connectivity index (χ1) is 12.0. The van der Waals surface area contributed by atoms with Crippen LogP contribution in [0.15, 0.2) is 69.3 Å². The third-order valence-electron chi connectivity index (χ3n) is 3.71. The summed E-state index contributed by atoms with van der Waals surface area (Å²) in [5, 5.41) is 4.91. The van der Waals surface area contributed by atoms with Gasteiger partial charge >= 0.3 is 0 Å². The van der Waals surface area contributed by atoms with E-state index in [2.05, 4.69) is 31.1 Å². The molecule has 0 amide bonds. The minimum atomic E-state index is -0.368. The summed E-state index contributed by atoms with van der Waals surface area (Å²) in [6.07, 6.45) is 1.60. The predicted octanol–water partition coefficient (Wildman–Crippen LogP) is 5.81. The van der Waals surface area contributed by atoms with E-state index in [9.17, 15) is 4.79 Å². The molecule has 0 saturated carbocycles. The number of halogens is 2. The molecule has 1 aromatic heterocycles. The van der Waals surface area contributed by atoms with Gasteiger partial charge in [-0.3, -0.25) is 4.79 Å². The molecule has 3 nitrogen and oxygen atoms in total. The summed E-state index contributed by atoms with van der Waals surface area (Å²) in [7, 11) is 0. The Bertz CT molecular complexity index is 952. The highest BCUT2D eigenvalue weighted by atomic mass is 35.5. The fourth-order valence-corrected chi connectivity index (χ4v) is 3.56. The second kappa shape index (κ2) is 7.65. The van der Waals surface area contributed by atoms with Crippen molar-refractivity contribution >= 4 is 35.0 Å². The van der Waals surface area contributed by atoms with Crippen LogP contribution in [0, 0.1) is 0 Å². The highest BCUT2D eigenvalue weighted by molar-refractivity contribution is 7.99. The number of hydrogen-bond acceptors (Lipinski definition) is 3. The fourth-order valence-electron chi connectivity index (χ4n) is 2.33. The van der Waals surface area contributed by atoms with Gasteiger partial charge in [0.15, 0.2) is 0 Å². The van der Waals surface area contributed by atoms with Crippen molar-refractivity contribution in [3.63, 3.8) is 0 Å². The van der Waals surface area contributed by atoms with E-state index in [0.717, 1.165) is 4.90 Å². The summed E-state index contributed by atoms with van der Waals surface area (Å²) in [5.41, 5.74) is 1.48. The van der Waals surface area contributed by atoms with Gasteiger partial charge < -0.3 is 0 Å². The lowest BCUT2D eigenvalue weighted by molar-refractivity contribution is 0.791. The average molecular weight is 391 g/mol. The van der Waals surface area contributed by atoms with Crippen LogP contribution in [0.2, 0.25) is 10.0 Å². The van der Waals surface area contributed by atoms with Crippen molar-refractivity contribution in [3.8, 4) is 5.69 Å². The Morgan fingerprint density at radius 2 is 1.80 bits per heavy atom. The molecule has 3 rings (SSSR count). The van der Waals surface area contributed by atoms with Gasteiger partial charge in [-0.2, -0.15) is 9.78 Å². The van der Waals surface area contributed by atoms with E-state index in [0.29, 0.717) is 21.5 Å². The van der Waals surface area contributed by atoms with Gasteiger partial charge in [-0.15, -0.1) is 0 Å². The van der Waals surface area contributed by atoms with E-state index < -0.39 is 0 Å². The molecule has 2 aromatic carbocycles. The molecule has 128 valence electrons. The van der Waals surface area contributed by atoms with Gasteiger partial charge in [0.25, 0.3) is 5.56 Å². The summed E-state index contributed by atoms with van der Waals surface area (Å²) < 4.78 is 1.25. The van der Waals surface area contributed by atoms with Crippen LogP contribution >= 0.6 is 35.0 Å². The normalized spacial score (nSPS) is 11.1. The highest BCUT2D eigenvalue weighted by Crippen LogP contribution is 2.32. The zero-order valence-electron chi connectivity index (χ0n) is 13.7. The van der Waals surface area contributed by atoms with E-state index >= 15 is 0 Å². The molecule has 0 fully saturated rings. The molecule has 0 atom stereocenters. The zero-order valence-corrected chi connectivity index (χ0v) is 16.1. The first-order valence-electron chi connectivity index (χ1n) is 7.77. The van der Waals surface area contributed by atoms with E-state index in [1.165, 1.54) is 22.0 Å². The maximum Gasteiger partial charge on any atom is 0.291 e. The topological polar surface area (TPSA) is 34.9 Å². The van der Waals surface area contributed by atoms with Gasteiger partial charge in [-0.25, -0.2) is 0 Å². The van der Waals surface area contributed by atoms with Crippen molar-refractivity contribution in [2.24, 2.45) is 0 Å². The Labute approximate surface area is 160 Å². The SMILES string of the molecule is CC(C)c1ccc(Sc2cnn(-c3cccc(Cl)c3)c(=O)c2Cl)cc1. The molecule has 1 heterocycles. The maximum absolute atomic E-state index is 12.5. The lowest BCUT2D eigenvalue weighted by Gasteiger charge is -2.09. The molecule has 0 spiro atoms. The van der Waals surface area contributed by atoms with Crippen molar-refractivity contribution in [2.45, 2.75) is 29.6 Å². The number of nitrogens with zero attached hydrogens (tertiary/aromatic N) is 2. The van der Waals surface area contributed by atoms with E-state index in [-0.39, 0.29) is 10.6 Å². The summed E-state index contributed by atoms with van der Waals surface area (Å²) in [6, 6.07) is 15.2. The van der Waals surface area contributed by atoms with Crippen LogP contribution in [0.3, 0.4) is 0 Å². The van der Waals surface area contributed by atoms with Crippen molar-refractivity contribution in [2.75, 3.05) is 0 Å². The molecule has 0 aliphatic rings. The van der Waals surface area contributed by atoms with E-state index in [4.69, 9.17) is 23.2 Å². The van der Waals surface area contributed by atoms with Crippen LogP contribution in [0.5, 0.6) is 0 Å². The number of aromatic nitrogens is 2. The Morgan fingerprint density at radius 3 is 2.44 bits per heavy atom. The Balaban J connectivity index is 1.91. The number of benzene rings is 2. The van der Waals surface area contributed by atoms with Crippen LogP contribution in [0.1, 0.15) is 25.3 Å². The van der Waals surface area contributed by atoms with Gasteiger partial charge in [0, 0.05) is 9.92 Å². The Kier molecular flexibility index (Phi) is 5.52. The van der Waals surface area contributed by atoms with Gasteiger partial charge in [0.1, 0.15) is 5.02 Å². The quantitative estimate of drug-likeness (QED) is 0.563. The summed E-state index contributed by atoms with van der Waals surface area (Å²) in [4.78, 5) is 14.2. The first-order valence-corrected chi connectivity index (χ1v) is 9.34. The Hall–Kier alpha value is -1.75. The van der Waals surface area contributed by atoms with Crippen molar-refractivity contribution in [1.29, 1.82) is 0 Å². The number of rotatable bonds is 4. The maximum atomic E-state index is 12.5. The van der Waals surface area contributed by atoms with Crippen molar-refractivity contribution < 1.29 is 0 Å². The lowest BCUT2D eigenvalue weighted by atomic mass is 10.0. The minimum absolute atomic E-state index is 0.146. The van der Waals surface area contributed by atoms with E-state index in [1.54, 1.807) is 30.5 Å². The molecule has 6 heteroatoms. The van der Waals surface area contributed by atoms with Gasteiger partial charge in [0.2, 0.25) is 0 Å². The zero-order chi connectivity index (χ0) is 18.0. The smallest absolute Gasteiger partial charge is 0.266 e. The van der Waals surface area contributed by atoms with Gasteiger partial charge in [-0.05, 0) is 41.8 Å². The van der Waals surface area contributed by atoms with Crippen LogP contribution < -0.4 is 5.56 Å². The van der Waals surface area contributed by atoms with Crippen LogP contribution in [-0.2, 0) is 0 Å². The molecule has 0 bridgehead atoms. The summed E-state index contributed by atoms with van der Waals surface area (Å²) >= 11 is 13.7. The molecule has 0 unspecified atom stereocenters. The molecule has 0 radical (unpaired) electrons. The lowest BCUT2D eigenvalue weighted by Crippen LogP contribution is -2.21. The average Bonchev–Trinajstić information content (AvgIpc) is 2.59. The highest BCUT2D eigenvalue weighted by Gasteiger charge is 2.12. The molecule has 0 N–H and O–H groups in total. The molecule has 0 saturated heterocycles. The summed E-state index contributed by atoms with van der Waals surface area (Å²) in [5.74, 6) is 0.478. The van der Waals surface area contributed by atoms with Crippen LogP contribution in [-0.4, -0.2) is 9.78 Å².